The van der Waals surface area contributed by atoms with Gasteiger partial charge < -0.3 is 20.6 Å². The van der Waals surface area contributed by atoms with E-state index in [-0.39, 0.29) is 12.1 Å². The van der Waals surface area contributed by atoms with Crippen LogP contribution in [0.25, 0.3) is 0 Å². The monoisotopic (exact) mass is 271 g/mol. The Morgan fingerprint density at radius 2 is 1.95 bits per heavy atom. The molecule has 1 aliphatic rings. The molecule has 1 saturated carbocycles. The average Bonchev–Trinajstić information content (AvgIpc) is 2.75. The Labute approximate surface area is 118 Å². The highest BCUT2D eigenvalue weighted by Gasteiger charge is 2.38. The second-order valence-corrected chi connectivity index (χ2v) is 6.41. The van der Waals surface area contributed by atoms with E-state index in [1.54, 1.807) is 0 Å². The topological polar surface area (TPSA) is 52.7 Å². The second-order valence-electron chi connectivity index (χ2n) is 6.41. The number of nitrogens with zero attached hydrogens (tertiary/aromatic N) is 2. The van der Waals surface area contributed by atoms with Crippen molar-refractivity contribution in [2.75, 3.05) is 46.9 Å². The van der Waals surface area contributed by atoms with Gasteiger partial charge in [0.2, 0.25) is 0 Å². The van der Waals surface area contributed by atoms with Gasteiger partial charge in [-0.2, -0.15) is 0 Å². The Balaban J connectivity index is 2.38. The molecule has 0 heterocycles. The minimum absolute atomic E-state index is 0.142. The quantitative estimate of drug-likeness (QED) is 0.660. The van der Waals surface area contributed by atoms with Gasteiger partial charge in [0.05, 0.1) is 6.61 Å². The van der Waals surface area contributed by atoms with Crippen molar-refractivity contribution < 1.29 is 5.11 Å². The third-order valence-corrected chi connectivity index (χ3v) is 4.50. The highest BCUT2D eigenvalue weighted by atomic mass is 16.3. The van der Waals surface area contributed by atoms with Crippen molar-refractivity contribution in [3.63, 3.8) is 0 Å². The molecule has 0 aromatic rings. The maximum Gasteiger partial charge on any atom is 0.0613 e. The van der Waals surface area contributed by atoms with Gasteiger partial charge in [-0.1, -0.05) is 13.3 Å². The van der Waals surface area contributed by atoms with Crippen molar-refractivity contribution in [1.82, 2.24) is 9.80 Å². The minimum Gasteiger partial charge on any atom is -0.394 e. The normalized spacial score (nSPS) is 27.6. The first-order valence-corrected chi connectivity index (χ1v) is 7.78. The average molecular weight is 271 g/mol. The van der Waals surface area contributed by atoms with E-state index in [1.807, 2.05) is 0 Å². The molecule has 19 heavy (non-hydrogen) atoms. The predicted octanol–water partition coefficient (Wildman–Crippen LogP) is 1.14. The van der Waals surface area contributed by atoms with Crippen LogP contribution in [0.1, 0.15) is 39.0 Å². The number of aliphatic hydroxyl groups is 1. The molecule has 0 aliphatic heterocycles. The van der Waals surface area contributed by atoms with Crippen LogP contribution in [0.4, 0.5) is 0 Å². The van der Waals surface area contributed by atoms with Crippen molar-refractivity contribution in [2.45, 2.75) is 44.6 Å². The highest BCUT2D eigenvalue weighted by molar-refractivity contribution is 4.96. The third kappa shape index (κ3) is 5.38. The van der Waals surface area contributed by atoms with Gasteiger partial charge in [0, 0.05) is 18.6 Å². The molecule has 0 amide bonds. The zero-order valence-electron chi connectivity index (χ0n) is 13.1. The SMILES string of the molecule is CCCN(CCC1CCCC1(N)CO)CCN(C)C. The molecule has 0 aromatic heterocycles. The van der Waals surface area contributed by atoms with Gasteiger partial charge >= 0.3 is 0 Å². The molecular formula is C15H33N3O. The van der Waals surface area contributed by atoms with Crippen molar-refractivity contribution in [3.8, 4) is 0 Å². The van der Waals surface area contributed by atoms with E-state index in [1.165, 1.54) is 19.3 Å². The van der Waals surface area contributed by atoms with Crippen LogP contribution in [0.3, 0.4) is 0 Å². The first-order valence-electron chi connectivity index (χ1n) is 7.78. The van der Waals surface area contributed by atoms with Gasteiger partial charge in [-0.3, -0.25) is 0 Å². The zero-order valence-corrected chi connectivity index (χ0v) is 13.1. The predicted molar refractivity (Wildman–Crippen MR) is 81.2 cm³/mol. The minimum atomic E-state index is -0.306. The molecule has 0 aromatic carbocycles. The molecule has 4 heteroatoms. The van der Waals surface area contributed by atoms with Crippen LogP contribution in [0.2, 0.25) is 0 Å². The molecule has 1 rings (SSSR count). The van der Waals surface area contributed by atoms with Crippen LogP contribution in [0.5, 0.6) is 0 Å². The fourth-order valence-corrected chi connectivity index (χ4v) is 3.14. The van der Waals surface area contributed by atoms with E-state index in [9.17, 15) is 5.11 Å². The van der Waals surface area contributed by atoms with Gasteiger partial charge in [-0.25, -0.2) is 0 Å². The van der Waals surface area contributed by atoms with E-state index in [2.05, 4.69) is 30.8 Å². The smallest absolute Gasteiger partial charge is 0.0613 e. The van der Waals surface area contributed by atoms with Crippen molar-refractivity contribution in [3.05, 3.63) is 0 Å². The lowest BCUT2D eigenvalue weighted by Crippen LogP contribution is -2.48. The van der Waals surface area contributed by atoms with Crippen LogP contribution < -0.4 is 5.73 Å². The summed E-state index contributed by atoms with van der Waals surface area (Å²) in [5, 5.41) is 9.50. The summed E-state index contributed by atoms with van der Waals surface area (Å²) in [4.78, 5) is 4.77. The molecule has 114 valence electrons. The van der Waals surface area contributed by atoms with Gasteiger partial charge in [0.1, 0.15) is 0 Å². The summed E-state index contributed by atoms with van der Waals surface area (Å²) in [6.07, 6.45) is 5.67. The Bertz CT molecular complexity index is 248. The standard InChI is InChI=1S/C15H33N3O/c1-4-9-18(12-11-17(2)3)10-7-14-6-5-8-15(14,16)13-19/h14,19H,4-13,16H2,1-3H3. The number of nitrogens with two attached hydrogens (primary N) is 1. The first kappa shape index (κ1) is 16.9. The summed E-state index contributed by atoms with van der Waals surface area (Å²) in [5.74, 6) is 0.496. The molecular weight excluding hydrogens is 238 g/mol. The van der Waals surface area contributed by atoms with E-state index in [4.69, 9.17) is 5.73 Å². The summed E-state index contributed by atoms with van der Waals surface area (Å²) < 4.78 is 0. The Hall–Kier alpha value is -0.160. The van der Waals surface area contributed by atoms with Crippen molar-refractivity contribution in [2.24, 2.45) is 11.7 Å². The van der Waals surface area contributed by atoms with Crippen LogP contribution in [0, 0.1) is 5.92 Å². The zero-order chi connectivity index (χ0) is 14.3. The van der Waals surface area contributed by atoms with Gasteiger partial charge in [0.25, 0.3) is 0 Å². The van der Waals surface area contributed by atoms with Crippen molar-refractivity contribution >= 4 is 0 Å². The summed E-state index contributed by atoms with van der Waals surface area (Å²) in [6.45, 7) is 6.90. The summed E-state index contributed by atoms with van der Waals surface area (Å²) in [6, 6.07) is 0. The Morgan fingerprint density at radius 1 is 1.21 bits per heavy atom. The molecule has 0 saturated heterocycles. The number of likely N-dealkylation sites (N-methyl/N-ethyl adjacent to an activating group) is 1. The fraction of sp³-hybridized carbons (Fsp3) is 1.00. The van der Waals surface area contributed by atoms with E-state index in [0.29, 0.717) is 5.92 Å². The molecule has 0 radical (unpaired) electrons. The molecule has 1 aliphatic carbocycles. The van der Waals surface area contributed by atoms with Crippen molar-refractivity contribution in [1.29, 1.82) is 0 Å². The van der Waals surface area contributed by atoms with Crippen LogP contribution in [0.15, 0.2) is 0 Å². The lowest BCUT2D eigenvalue weighted by atomic mass is 9.86. The first-order chi connectivity index (χ1) is 9.01. The maximum atomic E-state index is 9.50. The fourth-order valence-electron chi connectivity index (χ4n) is 3.14. The second kappa shape index (κ2) is 8.20. The Kier molecular flexibility index (Phi) is 7.29. The number of hydrogen-bond acceptors (Lipinski definition) is 4. The molecule has 2 unspecified atom stereocenters. The molecule has 0 bridgehead atoms. The summed E-state index contributed by atoms with van der Waals surface area (Å²) in [7, 11) is 4.25. The third-order valence-electron chi connectivity index (χ3n) is 4.50. The van der Waals surface area contributed by atoms with Gasteiger partial charge in [0.15, 0.2) is 0 Å². The van der Waals surface area contributed by atoms with Crippen LogP contribution in [-0.2, 0) is 0 Å². The lowest BCUT2D eigenvalue weighted by molar-refractivity contribution is 0.141. The number of rotatable bonds is 9. The molecule has 4 nitrogen and oxygen atoms in total. The molecule has 0 spiro atoms. The summed E-state index contributed by atoms with van der Waals surface area (Å²) >= 11 is 0. The lowest BCUT2D eigenvalue weighted by Gasteiger charge is -2.32. The molecule has 1 fully saturated rings. The molecule has 2 atom stereocenters. The van der Waals surface area contributed by atoms with E-state index in [0.717, 1.165) is 39.0 Å². The van der Waals surface area contributed by atoms with E-state index < -0.39 is 0 Å². The van der Waals surface area contributed by atoms with E-state index >= 15 is 0 Å². The van der Waals surface area contributed by atoms with Crippen LogP contribution in [-0.4, -0.2) is 67.3 Å². The molecule has 3 N–H and O–H groups in total. The maximum absolute atomic E-state index is 9.50. The summed E-state index contributed by atoms with van der Waals surface area (Å²) in [5.41, 5.74) is 6.00. The van der Waals surface area contributed by atoms with Gasteiger partial charge in [-0.05, 0) is 58.8 Å². The highest BCUT2D eigenvalue weighted by Crippen LogP contribution is 2.35. The van der Waals surface area contributed by atoms with Crippen LogP contribution >= 0.6 is 0 Å². The largest absolute Gasteiger partial charge is 0.394 e. The number of hydrogen-bond donors (Lipinski definition) is 2. The number of aliphatic hydroxyl groups excluding tert-OH is 1. The Morgan fingerprint density at radius 3 is 2.53 bits per heavy atom. The van der Waals surface area contributed by atoms with Gasteiger partial charge in [-0.15, -0.1) is 0 Å².